The standard InChI is InChI=1S/C11H17.C8H11.Fe/c1-3-5-10-7-8-11(9-10)6-4-2;1-2-5-8-6-3-4-7-8;/h7-9H,3-6H2,1-2H3;3-4,6-7H,2,5H2,1H3;/q-5;-1;. The van der Waals surface area contributed by atoms with Crippen molar-refractivity contribution in [3.05, 3.63) is 59.2 Å². The van der Waals surface area contributed by atoms with Gasteiger partial charge in [0.05, 0.1) is 0 Å². The third-order valence-corrected chi connectivity index (χ3v) is 3.23. The minimum Gasteiger partial charge on any atom is -0.745 e. The average Bonchev–Trinajstić information content (AvgIpc) is 3.04. The Balaban J connectivity index is 0.000000359. The second kappa shape index (κ2) is 12.0. The molecule has 0 N–H and O–H groups in total. The summed E-state index contributed by atoms with van der Waals surface area (Å²) in [5.41, 5.74) is 4.49. The predicted molar refractivity (Wildman–Crippen MR) is 86.1 cm³/mol. The van der Waals surface area contributed by atoms with Crippen LogP contribution in [0.2, 0.25) is 0 Å². The second-order valence-electron chi connectivity index (χ2n) is 5.17. The van der Waals surface area contributed by atoms with Gasteiger partial charge in [0.2, 0.25) is 0 Å². The van der Waals surface area contributed by atoms with Crippen LogP contribution in [0.5, 0.6) is 0 Å². The summed E-state index contributed by atoms with van der Waals surface area (Å²) in [6.07, 6.45) is 7.48. The van der Waals surface area contributed by atoms with Crippen molar-refractivity contribution in [3.8, 4) is 0 Å². The summed E-state index contributed by atoms with van der Waals surface area (Å²) in [5.74, 6) is 0. The molecule has 0 spiro atoms. The van der Waals surface area contributed by atoms with E-state index in [1.807, 2.05) is 0 Å². The molecule has 20 heavy (non-hydrogen) atoms. The van der Waals surface area contributed by atoms with Crippen molar-refractivity contribution in [1.29, 1.82) is 0 Å². The minimum atomic E-state index is 0. The van der Waals surface area contributed by atoms with Crippen LogP contribution in [0.3, 0.4) is 0 Å². The smallest absolute Gasteiger partial charge is 0 e. The average molecular weight is 312 g/mol. The molecule has 0 aliphatic carbocycles. The zero-order valence-electron chi connectivity index (χ0n) is 13.1. The Morgan fingerprint density at radius 3 is 1.60 bits per heavy atom. The maximum absolute atomic E-state index is 2.34. The van der Waals surface area contributed by atoms with Crippen LogP contribution in [0.15, 0.2) is 42.5 Å². The Morgan fingerprint density at radius 2 is 1.20 bits per heavy atom. The van der Waals surface area contributed by atoms with E-state index < -0.39 is 0 Å². The number of rotatable bonds is 6. The fraction of sp³-hybridized carbons (Fsp3) is 0.474. The summed E-state index contributed by atoms with van der Waals surface area (Å²) in [6, 6.07) is 15.4. The van der Waals surface area contributed by atoms with E-state index in [-0.39, 0.29) is 17.1 Å². The third-order valence-electron chi connectivity index (χ3n) is 3.23. The first-order valence-electron chi connectivity index (χ1n) is 7.75. The van der Waals surface area contributed by atoms with Gasteiger partial charge in [-0.15, -0.1) is 0 Å². The van der Waals surface area contributed by atoms with Crippen LogP contribution in [0, 0.1) is 0 Å². The van der Waals surface area contributed by atoms with Gasteiger partial charge in [0.15, 0.2) is 0 Å². The number of hydrogen-bond acceptors (Lipinski definition) is 0. The molecule has 2 aromatic rings. The molecular formula is C19H28Fe-6. The molecule has 0 unspecified atom stereocenters. The molecule has 0 bridgehead atoms. The Hall–Kier alpha value is -0.781. The molecule has 0 heterocycles. The molecule has 0 aliphatic rings. The van der Waals surface area contributed by atoms with Gasteiger partial charge in [-0.1, -0.05) is 46.5 Å². The van der Waals surface area contributed by atoms with Gasteiger partial charge in [0.25, 0.3) is 0 Å². The molecule has 0 saturated heterocycles. The van der Waals surface area contributed by atoms with Gasteiger partial charge in [-0.3, -0.25) is 0 Å². The second-order valence-corrected chi connectivity index (χ2v) is 5.17. The van der Waals surface area contributed by atoms with Gasteiger partial charge in [-0.05, 0) is 0 Å². The van der Waals surface area contributed by atoms with Gasteiger partial charge >= 0.3 is 0 Å². The Kier molecular flexibility index (Phi) is 11.5. The van der Waals surface area contributed by atoms with E-state index in [0.717, 1.165) is 0 Å². The van der Waals surface area contributed by atoms with Crippen LogP contribution in [-0.2, 0) is 36.3 Å². The van der Waals surface area contributed by atoms with Crippen LogP contribution >= 0.6 is 0 Å². The first-order chi connectivity index (χ1) is 9.30. The maximum Gasteiger partial charge on any atom is 0 e. The third kappa shape index (κ3) is 7.72. The first kappa shape index (κ1) is 19.2. The van der Waals surface area contributed by atoms with Gasteiger partial charge in [0.1, 0.15) is 0 Å². The minimum absolute atomic E-state index is 0. The van der Waals surface area contributed by atoms with Crippen molar-refractivity contribution in [3.63, 3.8) is 0 Å². The predicted octanol–water partition coefficient (Wildman–Crippen LogP) is 5.67. The van der Waals surface area contributed by atoms with Crippen LogP contribution in [0.25, 0.3) is 0 Å². The molecule has 0 radical (unpaired) electrons. The van der Waals surface area contributed by atoms with Crippen molar-refractivity contribution >= 4 is 0 Å². The summed E-state index contributed by atoms with van der Waals surface area (Å²) in [7, 11) is 0. The Morgan fingerprint density at radius 1 is 0.750 bits per heavy atom. The summed E-state index contributed by atoms with van der Waals surface area (Å²) in [6.45, 7) is 6.66. The van der Waals surface area contributed by atoms with Gasteiger partial charge in [0, 0.05) is 17.1 Å². The fourth-order valence-electron chi connectivity index (χ4n) is 2.31. The topological polar surface area (TPSA) is 0 Å². The Bertz CT molecular complexity index is 388. The molecule has 2 rings (SSSR count). The molecule has 0 aliphatic heterocycles. The first-order valence-corrected chi connectivity index (χ1v) is 7.75. The maximum atomic E-state index is 2.34. The van der Waals surface area contributed by atoms with Gasteiger partial charge < -0.3 is 29.3 Å². The molecule has 1 heteroatoms. The van der Waals surface area contributed by atoms with Crippen LogP contribution in [-0.4, -0.2) is 0 Å². The van der Waals surface area contributed by atoms with E-state index in [2.05, 4.69) is 63.2 Å². The van der Waals surface area contributed by atoms with E-state index >= 15 is 0 Å². The van der Waals surface area contributed by atoms with Gasteiger partial charge in [-0.25, -0.2) is 25.0 Å². The van der Waals surface area contributed by atoms with E-state index in [9.17, 15) is 0 Å². The quantitative estimate of drug-likeness (QED) is 0.476. The zero-order chi connectivity index (χ0) is 13.9. The zero-order valence-corrected chi connectivity index (χ0v) is 14.2. The number of hydrogen-bond donors (Lipinski definition) is 0. The molecule has 0 saturated carbocycles. The monoisotopic (exact) mass is 312 g/mol. The van der Waals surface area contributed by atoms with Crippen molar-refractivity contribution in [2.24, 2.45) is 0 Å². The molecule has 0 nitrogen and oxygen atoms in total. The van der Waals surface area contributed by atoms with Crippen LogP contribution < -0.4 is 0 Å². The summed E-state index contributed by atoms with van der Waals surface area (Å²) in [4.78, 5) is 0. The fourth-order valence-corrected chi connectivity index (χ4v) is 2.31. The SMILES string of the molecule is CCC[c-]1[cH-][cH-][c-](CCC)[cH-]1.CCC[c-]1cccc1.[Fe]. The van der Waals surface area contributed by atoms with E-state index in [1.54, 1.807) is 0 Å². The molecule has 0 fully saturated rings. The summed E-state index contributed by atoms with van der Waals surface area (Å²) in [5, 5.41) is 0. The van der Waals surface area contributed by atoms with Gasteiger partial charge in [-0.2, -0.15) is 17.7 Å². The van der Waals surface area contributed by atoms with Crippen LogP contribution in [0.4, 0.5) is 0 Å². The molecule has 0 amide bonds. The van der Waals surface area contributed by atoms with E-state index in [4.69, 9.17) is 0 Å². The van der Waals surface area contributed by atoms with Crippen molar-refractivity contribution in [2.45, 2.75) is 59.3 Å². The largest absolute Gasteiger partial charge is 0.745 e. The Labute approximate surface area is 135 Å². The van der Waals surface area contributed by atoms with Crippen molar-refractivity contribution < 1.29 is 17.1 Å². The van der Waals surface area contributed by atoms with E-state index in [1.165, 1.54) is 55.2 Å². The molecule has 0 aromatic heterocycles. The summed E-state index contributed by atoms with van der Waals surface area (Å²) < 4.78 is 0. The molecule has 2 aromatic carbocycles. The summed E-state index contributed by atoms with van der Waals surface area (Å²) >= 11 is 0. The van der Waals surface area contributed by atoms with Crippen molar-refractivity contribution in [2.75, 3.05) is 0 Å². The van der Waals surface area contributed by atoms with Crippen molar-refractivity contribution in [1.82, 2.24) is 0 Å². The number of aryl methyl sites for hydroxylation is 3. The molecule has 0 atom stereocenters. The molecule has 118 valence electrons. The normalized spacial score (nSPS) is 9.55. The van der Waals surface area contributed by atoms with Crippen LogP contribution in [0.1, 0.15) is 56.7 Å². The van der Waals surface area contributed by atoms with E-state index in [0.29, 0.717) is 0 Å². The molecular weight excluding hydrogens is 284 g/mol.